The van der Waals surface area contributed by atoms with Crippen LogP contribution < -0.4 is 5.32 Å². The van der Waals surface area contributed by atoms with Gasteiger partial charge in [-0.05, 0) is 42.3 Å². The van der Waals surface area contributed by atoms with Crippen LogP contribution in [0.25, 0.3) is 0 Å². The lowest BCUT2D eigenvalue weighted by molar-refractivity contribution is 0.0600. The Morgan fingerprint density at radius 3 is 2.32 bits per heavy atom. The minimum absolute atomic E-state index is 0.113. The first-order chi connectivity index (χ1) is 14.7. The van der Waals surface area contributed by atoms with Crippen LogP contribution in [0.1, 0.15) is 56.5 Å². The van der Waals surface area contributed by atoms with Crippen LogP contribution in [-0.4, -0.2) is 24.1 Å². The van der Waals surface area contributed by atoms with Crippen molar-refractivity contribution >= 4 is 58.0 Å². The van der Waals surface area contributed by atoms with Gasteiger partial charge in [-0.1, -0.05) is 59.1 Å². The number of amides is 1. The first-order valence-electron chi connectivity index (χ1n) is 9.13. The Hall–Kier alpha value is -2.09. The van der Waals surface area contributed by atoms with Crippen LogP contribution >= 0.6 is 46.1 Å². The van der Waals surface area contributed by atoms with Crippen LogP contribution in [0.15, 0.2) is 48.5 Å². The van der Waals surface area contributed by atoms with Gasteiger partial charge in [0, 0.05) is 10.6 Å². The monoisotopic (exact) mass is 497 g/mol. The Kier molecular flexibility index (Phi) is 7.62. The third-order valence-electron chi connectivity index (χ3n) is 4.70. The maximum absolute atomic E-state index is 13.0. The molecule has 1 heterocycles. The van der Waals surface area contributed by atoms with E-state index in [1.54, 1.807) is 55.5 Å². The van der Waals surface area contributed by atoms with Gasteiger partial charge in [0.05, 0.1) is 24.3 Å². The van der Waals surface area contributed by atoms with Crippen molar-refractivity contribution in [2.45, 2.75) is 19.1 Å². The molecule has 0 saturated heterocycles. The number of aliphatic hydroxyl groups excluding tert-OH is 1. The molecule has 0 aliphatic rings. The lowest BCUT2D eigenvalue weighted by Gasteiger charge is -2.17. The number of hydrogen-bond acceptors (Lipinski definition) is 5. The highest BCUT2D eigenvalue weighted by Crippen LogP contribution is 2.42. The Balaban J connectivity index is 1.86. The molecule has 0 aliphatic heterocycles. The number of carbonyl (C=O) groups excluding carboxylic acids is 2. The van der Waals surface area contributed by atoms with Gasteiger partial charge in [0.15, 0.2) is 0 Å². The number of halogens is 3. The predicted octanol–water partition coefficient (Wildman–Crippen LogP) is 6.07. The van der Waals surface area contributed by atoms with E-state index in [0.717, 1.165) is 16.9 Å². The zero-order valence-corrected chi connectivity index (χ0v) is 19.6. The highest BCUT2D eigenvalue weighted by Gasteiger charge is 2.28. The summed E-state index contributed by atoms with van der Waals surface area (Å²) in [5.74, 6) is -0.920. The van der Waals surface area contributed by atoms with Crippen LogP contribution in [0.3, 0.4) is 0 Å². The molecule has 0 radical (unpaired) electrons. The van der Waals surface area contributed by atoms with Crippen molar-refractivity contribution in [3.05, 3.63) is 90.0 Å². The van der Waals surface area contributed by atoms with Crippen molar-refractivity contribution in [1.82, 2.24) is 5.32 Å². The van der Waals surface area contributed by atoms with E-state index in [4.69, 9.17) is 34.8 Å². The van der Waals surface area contributed by atoms with Crippen LogP contribution in [0.5, 0.6) is 0 Å². The Morgan fingerprint density at radius 2 is 1.71 bits per heavy atom. The Morgan fingerprint density at radius 1 is 1.03 bits per heavy atom. The minimum atomic E-state index is -1.18. The van der Waals surface area contributed by atoms with Crippen molar-refractivity contribution in [1.29, 1.82) is 0 Å². The topological polar surface area (TPSA) is 75.6 Å². The molecular weight excluding hydrogens is 481 g/mol. The Bertz CT molecular complexity index is 1110. The van der Waals surface area contributed by atoms with Gasteiger partial charge in [-0.2, -0.15) is 0 Å². The van der Waals surface area contributed by atoms with E-state index in [1.165, 1.54) is 7.11 Å². The second-order valence-corrected chi connectivity index (χ2v) is 9.37. The molecule has 0 aliphatic carbocycles. The fourth-order valence-electron chi connectivity index (χ4n) is 3.07. The van der Waals surface area contributed by atoms with E-state index in [9.17, 15) is 14.7 Å². The van der Waals surface area contributed by atoms with Gasteiger partial charge in [0.1, 0.15) is 14.8 Å². The third kappa shape index (κ3) is 5.22. The predicted molar refractivity (Wildman–Crippen MR) is 124 cm³/mol. The van der Waals surface area contributed by atoms with E-state index >= 15 is 0 Å². The molecule has 31 heavy (non-hydrogen) atoms. The van der Waals surface area contributed by atoms with Crippen molar-refractivity contribution in [3.8, 4) is 0 Å². The summed E-state index contributed by atoms with van der Waals surface area (Å²) in [5.41, 5.74) is 2.01. The number of esters is 1. The molecule has 2 N–H and O–H groups in total. The van der Waals surface area contributed by atoms with Gasteiger partial charge in [-0.3, -0.25) is 4.79 Å². The second kappa shape index (κ2) is 10.0. The molecule has 1 aromatic heterocycles. The van der Waals surface area contributed by atoms with Crippen LogP contribution in [0.2, 0.25) is 13.7 Å². The van der Waals surface area contributed by atoms with E-state index < -0.39 is 24.0 Å². The van der Waals surface area contributed by atoms with E-state index in [0.29, 0.717) is 16.1 Å². The van der Waals surface area contributed by atoms with Crippen LogP contribution in [0, 0.1) is 0 Å². The number of aliphatic hydroxyl groups is 1. The highest BCUT2D eigenvalue weighted by molar-refractivity contribution is 7.20. The first-order valence-corrected chi connectivity index (χ1v) is 11.1. The lowest BCUT2D eigenvalue weighted by atomic mass is 9.99. The normalized spacial score (nSPS) is 12.8. The number of rotatable bonds is 6. The molecule has 1 amide bonds. The first kappa shape index (κ1) is 23.6. The molecule has 2 atom stereocenters. The summed E-state index contributed by atoms with van der Waals surface area (Å²) in [6, 6.07) is 12.9. The van der Waals surface area contributed by atoms with Crippen molar-refractivity contribution in [2.24, 2.45) is 0 Å². The number of hydrogen-bond donors (Lipinski definition) is 2. The molecule has 1 unspecified atom stereocenters. The Labute approximate surface area is 198 Å². The number of methoxy groups -OCH3 is 1. The number of thiophene rings is 1. The summed E-state index contributed by atoms with van der Waals surface area (Å²) >= 11 is 19.6. The maximum Gasteiger partial charge on any atom is 0.337 e. The molecule has 162 valence electrons. The fraction of sp³-hybridized carbons (Fsp3) is 0.182. The molecule has 3 rings (SSSR count). The molecule has 0 bridgehead atoms. The molecule has 0 fully saturated rings. The minimum Gasteiger partial charge on any atom is -0.465 e. The summed E-state index contributed by atoms with van der Waals surface area (Å²) in [4.78, 5) is 24.6. The number of ether oxygens (including phenoxy) is 1. The molecule has 0 spiro atoms. The molecule has 3 aromatic rings. The van der Waals surface area contributed by atoms with Crippen LogP contribution in [0.4, 0.5) is 0 Å². The van der Waals surface area contributed by atoms with Crippen LogP contribution in [-0.2, 0) is 4.74 Å². The van der Waals surface area contributed by atoms with Crippen molar-refractivity contribution in [3.63, 3.8) is 0 Å². The second-order valence-electron chi connectivity index (χ2n) is 6.70. The maximum atomic E-state index is 13.0. The molecule has 5 nitrogen and oxygen atoms in total. The summed E-state index contributed by atoms with van der Waals surface area (Å²) in [5, 5.41) is 14.2. The van der Waals surface area contributed by atoms with Crippen molar-refractivity contribution in [2.75, 3.05) is 7.11 Å². The van der Waals surface area contributed by atoms with E-state index in [2.05, 4.69) is 10.1 Å². The van der Waals surface area contributed by atoms with Gasteiger partial charge < -0.3 is 15.2 Å². The quantitative estimate of drug-likeness (QED) is 0.405. The third-order valence-corrected chi connectivity index (χ3v) is 6.57. The number of nitrogens with one attached hydrogen (secondary N) is 1. The highest BCUT2D eigenvalue weighted by atomic mass is 35.5. The summed E-state index contributed by atoms with van der Waals surface area (Å²) < 4.78 is 5.08. The largest absolute Gasteiger partial charge is 0.465 e. The molecule has 9 heteroatoms. The summed E-state index contributed by atoms with van der Waals surface area (Å²) in [6.45, 7) is 1.79. The van der Waals surface area contributed by atoms with Gasteiger partial charge in [-0.25, -0.2) is 4.79 Å². The number of carbonyl (C=O) groups is 2. The summed E-state index contributed by atoms with van der Waals surface area (Å²) in [7, 11) is 1.31. The fourth-order valence-corrected chi connectivity index (χ4v) is 5.02. The van der Waals surface area contributed by atoms with Gasteiger partial charge in [0.2, 0.25) is 0 Å². The van der Waals surface area contributed by atoms with Gasteiger partial charge in [-0.15, -0.1) is 11.3 Å². The summed E-state index contributed by atoms with van der Waals surface area (Å²) in [6.07, 6.45) is -1.18. The zero-order chi connectivity index (χ0) is 22.7. The SMILES string of the molecule is COC(=O)c1ccc([C@H](C)NC(=O)c2c(Cl)sc(Cl)c2C(O)c2cccc(Cl)c2)cc1. The molecule has 2 aromatic carbocycles. The zero-order valence-electron chi connectivity index (χ0n) is 16.5. The van der Waals surface area contributed by atoms with Gasteiger partial charge in [0.25, 0.3) is 5.91 Å². The lowest BCUT2D eigenvalue weighted by Crippen LogP contribution is -2.27. The average Bonchev–Trinajstić information content (AvgIpc) is 3.06. The van der Waals surface area contributed by atoms with Crippen molar-refractivity contribution < 1.29 is 19.4 Å². The molecular formula is C22H18Cl3NO4S. The molecule has 0 saturated carbocycles. The van der Waals surface area contributed by atoms with E-state index in [1.807, 2.05) is 0 Å². The number of benzene rings is 2. The smallest absolute Gasteiger partial charge is 0.337 e. The van der Waals surface area contributed by atoms with Gasteiger partial charge >= 0.3 is 5.97 Å². The average molecular weight is 499 g/mol. The van der Waals surface area contributed by atoms with E-state index in [-0.39, 0.29) is 19.8 Å². The standard InChI is InChI=1S/C22H18Cl3NO4S/c1-11(12-6-8-13(9-7-12)22(29)30-2)26-21(28)17-16(19(24)31-20(17)25)18(27)14-4-3-5-15(23)10-14/h3-11,18,27H,1-2H3,(H,26,28)/t11-,18?/m0/s1.